The lowest BCUT2D eigenvalue weighted by Gasteiger charge is -2.36. The van der Waals surface area contributed by atoms with Crippen molar-refractivity contribution in [3.63, 3.8) is 0 Å². The Labute approximate surface area is 124 Å². The second kappa shape index (κ2) is 7.80. The average molecular weight is 274 g/mol. The van der Waals surface area contributed by atoms with E-state index in [1.807, 2.05) is 0 Å². The van der Waals surface area contributed by atoms with Crippen LogP contribution in [0.4, 0.5) is 0 Å². The molecule has 0 amide bonds. The number of nitrogens with zero attached hydrogens (tertiary/aromatic N) is 1. The third-order valence-corrected chi connectivity index (χ3v) is 4.73. The highest BCUT2D eigenvalue weighted by Gasteiger charge is 2.23. The smallest absolute Gasteiger partial charge is 0.0449 e. The molecule has 0 heterocycles. The second-order valence-corrected chi connectivity index (χ2v) is 6.37. The third kappa shape index (κ3) is 4.32. The first-order chi connectivity index (χ1) is 9.70. The second-order valence-electron chi connectivity index (χ2n) is 6.37. The SMILES string of the molecule is CCNC(CN(C)C1CCC(C)CC1)c1ccccc1. The van der Waals surface area contributed by atoms with E-state index in [-0.39, 0.29) is 0 Å². The molecule has 1 aliphatic rings. The average Bonchev–Trinajstić information content (AvgIpc) is 2.48. The molecule has 0 aliphatic heterocycles. The number of hydrogen-bond acceptors (Lipinski definition) is 2. The number of hydrogen-bond donors (Lipinski definition) is 1. The summed E-state index contributed by atoms with van der Waals surface area (Å²) in [5.41, 5.74) is 1.41. The zero-order chi connectivity index (χ0) is 14.4. The van der Waals surface area contributed by atoms with E-state index in [2.05, 4.69) is 61.4 Å². The molecule has 1 fully saturated rings. The van der Waals surface area contributed by atoms with E-state index in [9.17, 15) is 0 Å². The van der Waals surface area contributed by atoms with Crippen LogP contribution in [0, 0.1) is 5.92 Å². The van der Waals surface area contributed by atoms with Gasteiger partial charge in [0.2, 0.25) is 0 Å². The summed E-state index contributed by atoms with van der Waals surface area (Å²) in [6.45, 7) is 6.71. The van der Waals surface area contributed by atoms with Gasteiger partial charge < -0.3 is 10.2 Å². The zero-order valence-corrected chi connectivity index (χ0v) is 13.3. The summed E-state index contributed by atoms with van der Waals surface area (Å²) in [6.07, 6.45) is 5.52. The maximum atomic E-state index is 3.64. The molecule has 1 aromatic carbocycles. The monoisotopic (exact) mass is 274 g/mol. The van der Waals surface area contributed by atoms with Gasteiger partial charge in [0.05, 0.1) is 0 Å². The van der Waals surface area contributed by atoms with Crippen LogP contribution in [0.1, 0.15) is 51.1 Å². The fourth-order valence-electron chi connectivity index (χ4n) is 3.34. The van der Waals surface area contributed by atoms with Gasteiger partial charge in [0, 0.05) is 18.6 Å². The van der Waals surface area contributed by atoms with Crippen LogP contribution in [0.2, 0.25) is 0 Å². The van der Waals surface area contributed by atoms with Crippen molar-refractivity contribution in [3.05, 3.63) is 35.9 Å². The summed E-state index contributed by atoms with van der Waals surface area (Å²) in [6, 6.07) is 12.1. The summed E-state index contributed by atoms with van der Waals surface area (Å²) in [5, 5.41) is 3.64. The first-order valence-corrected chi connectivity index (χ1v) is 8.19. The first kappa shape index (κ1) is 15.5. The van der Waals surface area contributed by atoms with Crippen molar-refractivity contribution >= 4 is 0 Å². The number of rotatable bonds is 6. The Morgan fingerprint density at radius 3 is 2.40 bits per heavy atom. The lowest BCUT2D eigenvalue weighted by Crippen LogP contribution is -2.40. The van der Waals surface area contributed by atoms with Gasteiger partial charge in [0.1, 0.15) is 0 Å². The molecule has 1 unspecified atom stereocenters. The molecule has 0 bridgehead atoms. The van der Waals surface area contributed by atoms with Gasteiger partial charge >= 0.3 is 0 Å². The van der Waals surface area contributed by atoms with Gasteiger partial charge in [-0.2, -0.15) is 0 Å². The molecule has 1 atom stereocenters. The van der Waals surface area contributed by atoms with E-state index in [1.54, 1.807) is 0 Å². The molecule has 2 heteroatoms. The Bertz CT molecular complexity index is 368. The number of benzene rings is 1. The molecule has 112 valence electrons. The molecular weight excluding hydrogens is 244 g/mol. The van der Waals surface area contributed by atoms with Gasteiger partial charge in [-0.3, -0.25) is 0 Å². The largest absolute Gasteiger partial charge is 0.309 e. The van der Waals surface area contributed by atoms with E-state index in [4.69, 9.17) is 0 Å². The lowest BCUT2D eigenvalue weighted by atomic mass is 9.86. The van der Waals surface area contributed by atoms with Crippen molar-refractivity contribution in [2.45, 2.75) is 51.6 Å². The summed E-state index contributed by atoms with van der Waals surface area (Å²) >= 11 is 0. The van der Waals surface area contributed by atoms with Gasteiger partial charge in [0.25, 0.3) is 0 Å². The molecule has 20 heavy (non-hydrogen) atoms. The fourth-order valence-corrected chi connectivity index (χ4v) is 3.34. The van der Waals surface area contributed by atoms with Crippen LogP contribution in [0.5, 0.6) is 0 Å². The van der Waals surface area contributed by atoms with Gasteiger partial charge in [-0.25, -0.2) is 0 Å². The lowest BCUT2D eigenvalue weighted by molar-refractivity contribution is 0.156. The van der Waals surface area contributed by atoms with Crippen LogP contribution in [-0.4, -0.2) is 31.1 Å². The Kier molecular flexibility index (Phi) is 6.06. The van der Waals surface area contributed by atoms with Gasteiger partial charge in [-0.1, -0.05) is 44.2 Å². The third-order valence-electron chi connectivity index (χ3n) is 4.73. The van der Waals surface area contributed by atoms with Crippen LogP contribution in [-0.2, 0) is 0 Å². The van der Waals surface area contributed by atoms with Crippen LogP contribution in [0.15, 0.2) is 30.3 Å². The molecule has 2 nitrogen and oxygen atoms in total. The molecule has 0 spiro atoms. The van der Waals surface area contributed by atoms with E-state index in [0.717, 1.165) is 25.0 Å². The highest BCUT2D eigenvalue weighted by molar-refractivity contribution is 5.19. The minimum Gasteiger partial charge on any atom is -0.309 e. The molecule has 1 saturated carbocycles. The Hall–Kier alpha value is -0.860. The normalized spacial score (nSPS) is 24.8. The van der Waals surface area contributed by atoms with Crippen molar-refractivity contribution in [1.29, 1.82) is 0 Å². The topological polar surface area (TPSA) is 15.3 Å². The van der Waals surface area contributed by atoms with Crippen molar-refractivity contribution in [2.75, 3.05) is 20.1 Å². The maximum Gasteiger partial charge on any atom is 0.0449 e. The van der Waals surface area contributed by atoms with Gasteiger partial charge in [-0.15, -0.1) is 0 Å². The quantitative estimate of drug-likeness (QED) is 0.847. The van der Waals surface area contributed by atoms with Crippen LogP contribution in [0.25, 0.3) is 0 Å². The molecule has 1 aliphatic carbocycles. The highest BCUT2D eigenvalue weighted by atomic mass is 15.2. The molecule has 1 aromatic rings. The van der Waals surface area contributed by atoms with Crippen molar-refractivity contribution in [2.24, 2.45) is 5.92 Å². The van der Waals surface area contributed by atoms with Gasteiger partial charge in [0.15, 0.2) is 0 Å². The summed E-state index contributed by atoms with van der Waals surface area (Å²) in [4.78, 5) is 2.58. The zero-order valence-electron chi connectivity index (χ0n) is 13.3. The van der Waals surface area contributed by atoms with E-state index >= 15 is 0 Å². The fraction of sp³-hybridized carbons (Fsp3) is 0.667. The van der Waals surface area contributed by atoms with E-state index in [1.165, 1.54) is 31.2 Å². The predicted molar refractivity (Wildman–Crippen MR) is 86.9 cm³/mol. The molecule has 0 radical (unpaired) electrons. The molecule has 0 saturated heterocycles. The first-order valence-electron chi connectivity index (χ1n) is 8.19. The highest BCUT2D eigenvalue weighted by Crippen LogP contribution is 2.27. The number of likely N-dealkylation sites (N-methyl/N-ethyl adjacent to an activating group) is 2. The Morgan fingerprint density at radius 2 is 1.80 bits per heavy atom. The summed E-state index contributed by atoms with van der Waals surface area (Å²) < 4.78 is 0. The predicted octanol–water partition coefficient (Wildman–Crippen LogP) is 3.85. The molecular formula is C18H30N2. The summed E-state index contributed by atoms with van der Waals surface area (Å²) in [7, 11) is 2.30. The summed E-state index contributed by atoms with van der Waals surface area (Å²) in [5.74, 6) is 0.929. The van der Waals surface area contributed by atoms with Crippen LogP contribution < -0.4 is 5.32 Å². The number of nitrogens with one attached hydrogen (secondary N) is 1. The van der Waals surface area contributed by atoms with Crippen molar-refractivity contribution in [3.8, 4) is 0 Å². The molecule has 2 rings (SSSR count). The van der Waals surface area contributed by atoms with Gasteiger partial charge in [-0.05, 0) is 50.8 Å². The van der Waals surface area contributed by atoms with Crippen LogP contribution in [0.3, 0.4) is 0 Å². The minimum absolute atomic E-state index is 0.450. The standard InChI is InChI=1S/C18H30N2/c1-4-19-18(16-8-6-5-7-9-16)14-20(3)17-12-10-15(2)11-13-17/h5-9,15,17-19H,4,10-14H2,1-3H3. The van der Waals surface area contributed by atoms with Crippen molar-refractivity contribution < 1.29 is 0 Å². The molecule has 1 N–H and O–H groups in total. The van der Waals surface area contributed by atoms with Crippen LogP contribution >= 0.6 is 0 Å². The van der Waals surface area contributed by atoms with E-state index in [0.29, 0.717) is 6.04 Å². The maximum absolute atomic E-state index is 3.64. The van der Waals surface area contributed by atoms with E-state index < -0.39 is 0 Å². The minimum atomic E-state index is 0.450. The van der Waals surface area contributed by atoms with Crippen molar-refractivity contribution in [1.82, 2.24) is 10.2 Å². The molecule has 0 aromatic heterocycles. The Balaban J connectivity index is 1.94. The Morgan fingerprint density at radius 1 is 1.15 bits per heavy atom.